The quantitative estimate of drug-likeness (QED) is 0.716. The highest BCUT2D eigenvalue weighted by atomic mass is 35.5. The monoisotopic (exact) mass is 220 g/mol. The second kappa shape index (κ2) is 4.39. The highest BCUT2D eigenvalue weighted by molar-refractivity contribution is 6.34. The van der Waals surface area contributed by atoms with E-state index >= 15 is 0 Å². The van der Waals surface area contributed by atoms with E-state index in [4.69, 9.17) is 23.2 Å². The molecule has 0 aliphatic heterocycles. The van der Waals surface area contributed by atoms with E-state index in [-0.39, 0.29) is 22.6 Å². The van der Waals surface area contributed by atoms with Gasteiger partial charge in [-0.25, -0.2) is 14.8 Å². The van der Waals surface area contributed by atoms with Crippen LogP contribution in [-0.2, 0) is 4.74 Å². The summed E-state index contributed by atoms with van der Waals surface area (Å²) < 4.78 is 4.68. The van der Waals surface area contributed by atoms with E-state index in [9.17, 15) is 4.79 Å². The van der Waals surface area contributed by atoms with Gasteiger partial charge in [-0.05, 0) is 6.92 Å². The van der Waals surface area contributed by atoms with Gasteiger partial charge in [0.05, 0.1) is 12.8 Å². The number of aromatic nitrogens is 2. The molecule has 1 aromatic heterocycles. The third kappa shape index (κ3) is 2.54. The molecule has 0 saturated heterocycles. The van der Waals surface area contributed by atoms with Crippen LogP contribution < -0.4 is 0 Å². The van der Waals surface area contributed by atoms with Crippen molar-refractivity contribution >= 4 is 29.2 Å². The second-order valence-electron chi connectivity index (χ2n) is 2.05. The standard InChI is InChI=1S/C7H6Cl2N2O2/c1-2-13-7(12)5-6(9)11-4(8)3-10-5/h3H,2H2,1H3. The van der Waals surface area contributed by atoms with Crippen LogP contribution in [0.15, 0.2) is 6.20 Å². The van der Waals surface area contributed by atoms with E-state index in [1.165, 1.54) is 6.20 Å². The third-order valence-corrected chi connectivity index (χ3v) is 1.61. The number of rotatable bonds is 2. The van der Waals surface area contributed by atoms with E-state index < -0.39 is 5.97 Å². The summed E-state index contributed by atoms with van der Waals surface area (Å²) in [6, 6.07) is 0. The predicted molar refractivity (Wildman–Crippen MR) is 48.0 cm³/mol. The molecule has 0 aliphatic carbocycles. The van der Waals surface area contributed by atoms with Crippen molar-refractivity contribution < 1.29 is 9.53 Å². The fraction of sp³-hybridized carbons (Fsp3) is 0.286. The van der Waals surface area contributed by atoms with Gasteiger partial charge in [-0.2, -0.15) is 0 Å². The molecule has 0 unspecified atom stereocenters. The maximum atomic E-state index is 11.1. The summed E-state index contributed by atoms with van der Waals surface area (Å²) in [6.07, 6.45) is 1.24. The van der Waals surface area contributed by atoms with Gasteiger partial charge in [0.1, 0.15) is 5.15 Å². The Kier molecular flexibility index (Phi) is 3.45. The molecule has 1 rings (SSSR count). The third-order valence-electron chi connectivity index (χ3n) is 1.17. The normalized spacial score (nSPS) is 9.77. The molecule has 0 atom stereocenters. The Morgan fingerprint density at radius 3 is 2.85 bits per heavy atom. The molecule has 13 heavy (non-hydrogen) atoms. The van der Waals surface area contributed by atoms with Crippen LogP contribution >= 0.6 is 23.2 Å². The molecule has 4 nitrogen and oxygen atoms in total. The Morgan fingerprint density at radius 1 is 1.62 bits per heavy atom. The number of hydrogen-bond acceptors (Lipinski definition) is 4. The van der Waals surface area contributed by atoms with Gasteiger partial charge in [0.2, 0.25) is 0 Å². The zero-order chi connectivity index (χ0) is 9.84. The molecular weight excluding hydrogens is 215 g/mol. The molecule has 0 bridgehead atoms. The van der Waals surface area contributed by atoms with Crippen molar-refractivity contribution in [2.45, 2.75) is 6.92 Å². The Bertz CT molecular complexity index is 330. The molecule has 0 spiro atoms. The molecule has 0 fully saturated rings. The van der Waals surface area contributed by atoms with Crippen LogP contribution in [0, 0.1) is 0 Å². The van der Waals surface area contributed by atoms with E-state index in [0.717, 1.165) is 0 Å². The largest absolute Gasteiger partial charge is 0.461 e. The first-order valence-corrected chi connectivity index (χ1v) is 4.26. The van der Waals surface area contributed by atoms with Crippen LogP contribution in [0.2, 0.25) is 10.3 Å². The Labute approximate surface area is 84.8 Å². The lowest BCUT2D eigenvalue weighted by Crippen LogP contribution is -2.08. The van der Waals surface area contributed by atoms with Crippen LogP contribution in [0.25, 0.3) is 0 Å². The highest BCUT2D eigenvalue weighted by Crippen LogP contribution is 2.14. The molecule has 0 amide bonds. The Balaban J connectivity index is 2.95. The molecule has 0 aromatic carbocycles. The number of ether oxygens (including phenoxy) is 1. The van der Waals surface area contributed by atoms with Crippen LogP contribution in [0.1, 0.15) is 17.4 Å². The zero-order valence-corrected chi connectivity index (χ0v) is 8.26. The molecule has 1 heterocycles. The van der Waals surface area contributed by atoms with Crippen LogP contribution in [0.3, 0.4) is 0 Å². The molecule has 70 valence electrons. The molecule has 0 saturated carbocycles. The zero-order valence-electron chi connectivity index (χ0n) is 6.75. The van der Waals surface area contributed by atoms with Gasteiger partial charge in [0.15, 0.2) is 10.8 Å². The Morgan fingerprint density at radius 2 is 2.31 bits per heavy atom. The predicted octanol–water partition coefficient (Wildman–Crippen LogP) is 1.96. The molecule has 6 heteroatoms. The minimum absolute atomic E-state index is 0.0204. The SMILES string of the molecule is CCOC(=O)c1ncc(Cl)nc1Cl. The highest BCUT2D eigenvalue weighted by Gasteiger charge is 2.14. The van der Waals surface area contributed by atoms with E-state index in [1.54, 1.807) is 6.92 Å². The summed E-state index contributed by atoms with van der Waals surface area (Å²) in [5.74, 6) is -0.600. The van der Waals surface area contributed by atoms with Crippen molar-refractivity contribution in [2.75, 3.05) is 6.61 Å². The van der Waals surface area contributed by atoms with Crippen molar-refractivity contribution in [1.82, 2.24) is 9.97 Å². The first-order valence-electron chi connectivity index (χ1n) is 3.50. The van der Waals surface area contributed by atoms with Gasteiger partial charge in [-0.3, -0.25) is 0 Å². The van der Waals surface area contributed by atoms with Gasteiger partial charge >= 0.3 is 5.97 Å². The molecular formula is C7H6Cl2N2O2. The van der Waals surface area contributed by atoms with Crippen molar-refractivity contribution in [2.24, 2.45) is 0 Å². The smallest absolute Gasteiger partial charge is 0.360 e. The van der Waals surface area contributed by atoms with Gasteiger partial charge in [-0.1, -0.05) is 23.2 Å². The fourth-order valence-electron chi connectivity index (χ4n) is 0.683. The molecule has 0 aliphatic rings. The van der Waals surface area contributed by atoms with Crippen LogP contribution in [0.5, 0.6) is 0 Å². The van der Waals surface area contributed by atoms with Crippen LogP contribution in [-0.4, -0.2) is 22.5 Å². The van der Waals surface area contributed by atoms with Crippen molar-refractivity contribution in [3.8, 4) is 0 Å². The maximum absolute atomic E-state index is 11.1. The maximum Gasteiger partial charge on any atom is 0.360 e. The first kappa shape index (κ1) is 10.2. The van der Waals surface area contributed by atoms with Crippen molar-refractivity contribution in [3.05, 3.63) is 22.2 Å². The number of hydrogen-bond donors (Lipinski definition) is 0. The lowest BCUT2D eigenvalue weighted by Gasteiger charge is -2.01. The topological polar surface area (TPSA) is 52.1 Å². The molecule has 0 N–H and O–H groups in total. The summed E-state index contributed by atoms with van der Waals surface area (Å²) >= 11 is 11.1. The summed E-state index contributed by atoms with van der Waals surface area (Å²) in [6.45, 7) is 1.95. The number of halogens is 2. The summed E-state index contributed by atoms with van der Waals surface area (Å²) in [4.78, 5) is 18.5. The summed E-state index contributed by atoms with van der Waals surface area (Å²) in [5.41, 5.74) is -0.0204. The molecule has 0 radical (unpaired) electrons. The minimum atomic E-state index is -0.600. The fourth-order valence-corrected chi connectivity index (χ4v) is 1.08. The number of nitrogens with zero attached hydrogens (tertiary/aromatic N) is 2. The van der Waals surface area contributed by atoms with Crippen LogP contribution in [0.4, 0.5) is 0 Å². The lowest BCUT2D eigenvalue weighted by molar-refractivity contribution is 0.0519. The second-order valence-corrected chi connectivity index (χ2v) is 2.80. The number of esters is 1. The van der Waals surface area contributed by atoms with Gasteiger partial charge in [-0.15, -0.1) is 0 Å². The minimum Gasteiger partial charge on any atom is -0.461 e. The average Bonchev–Trinajstić information content (AvgIpc) is 2.04. The summed E-state index contributed by atoms with van der Waals surface area (Å²) in [5, 5.41) is 0.0870. The van der Waals surface area contributed by atoms with Crippen molar-refractivity contribution in [1.29, 1.82) is 0 Å². The lowest BCUT2D eigenvalue weighted by atomic mass is 10.4. The van der Waals surface area contributed by atoms with E-state index in [1.807, 2.05) is 0 Å². The average molecular weight is 221 g/mol. The van der Waals surface area contributed by atoms with Crippen molar-refractivity contribution in [3.63, 3.8) is 0 Å². The van der Waals surface area contributed by atoms with Gasteiger partial charge in [0.25, 0.3) is 0 Å². The summed E-state index contributed by atoms with van der Waals surface area (Å²) in [7, 11) is 0. The number of carbonyl (C=O) groups excluding carboxylic acids is 1. The molecule has 1 aromatic rings. The van der Waals surface area contributed by atoms with E-state index in [0.29, 0.717) is 0 Å². The van der Waals surface area contributed by atoms with E-state index in [2.05, 4.69) is 14.7 Å². The Hall–Kier alpha value is -0.870. The number of carbonyl (C=O) groups is 1. The first-order chi connectivity index (χ1) is 6.15. The van der Waals surface area contributed by atoms with Gasteiger partial charge in [0, 0.05) is 0 Å². The van der Waals surface area contributed by atoms with Gasteiger partial charge < -0.3 is 4.74 Å².